The number of aromatic nitrogens is 2. The fourth-order valence-electron chi connectivity index (χ4n) is 3.20. The number of halogens is 1. The van der Waals surface area contributed by atoms with Crippen LogP contribution in [-0.4, -0.2) is 84.3 Å². The van der Waals surface area contributed by atoms with Crippen LogP contribution in [0.25, 0.3) is 11.0 Å². The summed E-state index contributed by atoms with van der Waals surface area (Å²) in [5, 5.41) is 16.2. The van der Waals surface area contributed by atoms with Crippen molar-refractivity contribution in [1.82, 2.24) is 19.8 Å². The Hall–Kier alpha value is -2.11. The maximum absolute atomic E-state index is 8.90. The Kier molecular flexibility index (Phi) is 7.90. The third kappa shape index (κ3) is 5.94. The second kappa shape index (κ2) is 10.6. The smallest absolute Gasteiger partial charge is 0.169 e. The number of rotatable bonds is 7. The maximum Gasteiger partial charge on any atom is 0.169 e. The van der Waals surface area contributed by atoms with E-state index < -0.39 is 0 Å². The first-order chi connectivity index (χ1) is 14.1. The number of nitrogens with one attached hydrogen (secondary N) is 2. The third-order valence-corrected chi connectivity index (χ3v) is 5.19. The van der Waals surface area contributed by atoms with Gasteiger partial charge in [0.05, 0.1) is 22.7 Å². The molecule has 0 unspecified atom stereocenters. The molecule has 3 rings (SSSR count). The minimum absolute atomic E-state index is 0.0335. The number of aliphatic hydroxyl groups is 1. The van der Waals surface area contributed by atoms with Gasteiger partial charge in [0.15, 0.2) is 11.6 Å². The molecule has 1 fully saturated rings. The Morgan fingerprint density at radius 2 is 1.79 bits per heavy atom. The van der Waals surface area contributed by atoms with Crippen LogP contribution >= 0.6 is 11.6 Å². The molecule has 29 heavy (non-hydrogen) atoms. The summed E-state index contributed by atoms with van der Waals surface area (Å²) in [6, 6.07) is 3.65. The van der Waals surface area contributed by atoms with Gasteiger partial charge >= 0.3 is 0 Å². The Morgan fingerprint density at radius 3 is 2.48 bits per heavy atom. The molecule has 1 aliphatic rings. The van der Waals surface area contributed by atoms with Crippen LogP contribution in [0.2, 0.25) is 5.02 Å². The van der Waals surface area contributed by atoms with E-state index in [4.69, 9.17) is 26.7 Å². The molecule has 2 heterocycles. The van der Waals surface area contributed by atoms with Gasteiger partial charge in [-0.2, -0.15) is 0 Å². The molecule has 0 radical (unpaired) electrons. The van der Waals surface area contributed by atoms with Gasteiger partial charge in [0.2, 0.25) is 0 Å². The molecule has 0 amide bonds. The summed E-state index contributed by atoms with van der Waals surface area (Å²) in [6.07, 6.45) is 0.416. The Bertz CT molecular complexity index is 886. The first kappa shape index (κ1) is 21.6. The van der Waals surface area contributed by atoms with Gasteiger partial charge in [-0.15, -0.1) is 0 Å². The molecule has 0 atom stereocenters. The van der Waals surface area contributed by atoms with E-state index in [1.54, 1.807) is 6.07 Å². The lowest BCUT2D eigenvalue weighted by Gasteiger charge is -2.32. The summed E-state index contributed by atoms with van der Waals surface area (Å²) in [4.78, 5) is 14.3. The molecule has 0 aliphatic carbocycles. The minimum Gasteiger partial charge on any atom is -0.395 e. The van der Waals surface area contributed by atoms with Crippen LogP contribution in [0.5, 0.6) is 0 Å². The zero-order valence-corrected chi connectivity index (χ0v) is 17.9. The molecular formula is C21H29ClN6O. The number of benzene rings is 1. The van der Waals surface area contributed by atoms with Crippen molar-refractivity contribution in [2.45, 2.75) is 13.3 Å². The highest BCUT2D eigenvalue weighted by atomic mass is 35.5. The number of nitrogens with zero attached hydrogens (tertiary/aromatic N) is 4. The van der Waals surface area contributed by atoms with Crippen molar-refractivity contribution in [1.29, 1.82) is 0 Å². The number of likely N-dealkylation sites (N-methyl/N-ethyl adjacent to an activating group) is 1. The number of piperazine rings is 1. The van der Waals surface area contributed by atoms with Crippen molar-refractivity contribution < 1.29 is 5.11 Å². The average Bonchev–Trinajstić information content (AvgIpc) is 2.71. The van der Waals surface area contributed by atoms with Crippen molar-refractivity contribution in [3.63, 3.8) is 0 Å². The van der Waals surface area contributed by atoms with E-state index in [-0.39, 0.29) is 6.61 Å². The number of hydrogen-bond donors (Lipinski definition) is 3. The van der Waals surface area contributed by atoms with Crippen LogP contribution in [0.1, 0.15) is 18.9 Å². The number of aliphatic hydroxyl groups excluding tert-OH is 1. The molecule has 0 spiro atoms. The van der Waals surface area contributed by atoms with Gasteiger partial charge in [0.25, 0.3) is 0 Å². The SMILES string of the molecule is CCNc1nc2cc(C#CCCO)c(Cl)cc2nc1NCCN1CCN(C)CC1. The monoisotopic (exact) mass is 416 g/mol. The van der Waals surface area contributed by atoms with Crippen LogP contribution in [0.4, 0.5) is 11.6 Å². The maximum atomic E-state index is 8.90. The van der Waals surface area contributed by atoms with Crippen LogP contribution < -0.4 is 10.6 Å². The highest BCUT2D eigenvalue weighted by Gasteiger charge is 2.14. The molecule has 1 aromatic heterocycles. The Labute approximate surface area is 177 Å². The molecule has 7 nitrogen and oxygen atoms in total. The lowest BCUT2D eigenvalue weighted by molar-refractivity contribution is 0.158. The summed E-state index contributed by atoms with van der Waals surface area (Å²) >= 11 is 6.37. The van der Waals surface area contributed by atoms with E-state index >= 15 is 0 Å². The normalized spacial score (nSPS) is 15.2. The number of anilines is 2. The van der Waals surface area contributed by atoms with E-state index in [2.05, 4.69) is 39.3 Å². The summed E-state index contributed by atoms with van der Waals surface area (Å²) in [5.74, 6) is 7.36. The molecular weight excluding hydrogens is 388 g/mol. The van der Waals surface area contributed by atoms with E-state index in [9.17, 15) is 0 Å². The van der Waals surface area contributed by atoms with Gasteiger partial charge in [-0.25, -0.2) is 9.97 Å². The van der Waals surface area contributed by atoms with Gasteiger partial charge in [-0.3, -0.25) is 4.90 Å². The largest absolute Gasteiger partial charge is 0.395 e. The van der Waals surface area contributed by atoms with Crippen LogP contribution in [-0.2, 0) is 0 Å². The molecule has 8 heteroatoms. The molecule has 1 aliphatic heterocycles. The first-order valence-electron chi connectivity index (χ1n) is 10.1. The van der Waals surface area contributed by atoms with Crippen molar-refractivity contribution in [3.8, 4) is 11.8 Å². The van der Waals surface area contributed by atoms with Crippen molar-refractivity contribution in [2.75, 3.05) is 70.1 Å². The van der Waals surface area contributed by atoms with Crippen molar-refractivity contribution in [2.24, 2.45) is 0 Å². The second-order valence-electron chi connectivity index (χ2n) is 7.12. The quantitative estimate of drug-likeness (QED) is 0.597. The lowest BCUT2D eigenvalue weighted by Crippen LogP contribution is -2.45. The summed E-state index contributed by atoms with van der Waals surface area (Å²) in [6.45, 7) is 9.01. The van der Waals surface area contributed by atoms with Gasteiger partial charge in [0.1, 0.15) is 0 Å². The lowest BCUT2D eigenvalue weighted by atomic mass is 10.2. The first-order valence-corrected chi connectivity index (χ1v) is 10.5. The summed E-state index contributed by atoms with van der Waals surface area (Å²) in [5.41, 5.74) is 2.16. The minimum atomic E-state index is 0.0335. The van der Waals surface area contributed by atoms with Crippen LogP contribution in [0.15, 0.2) is 12.1 Å². The Morgan fingerprint density at radius 1 is 1.10 bits per heavy atom. The fourth-order valence-corrected chi connectivity index (χ4v) is 3.41. The standard InChI is InChI=1S/C21H29ClN6O/c1-3-23-20-21(24-7-8-28-11-9-27(2)10-12-28)26-19-15-17(22)16(6-4-5-13-29)14-18(19)25-20/h14-15,29H,3,5,7-13H2,1-2H3,(H,23,25)(H,24,26). The number of fused-ring (bicyclic) bond motifs is 1. The van der Waals surface area contributed by atoms with Crippen LogP contribution in [0.3, 0.4) is 0 Å². The summed E-state index contributed by atoms with van der Waals surface area (Å²) in [7, 11) is 2.16. The average molecular weight is 417 g/mol. The Balaban J connectivity index is 1.76. The van der Waals surface area contributed by atoms with E-state index in [0.29, 0.717) is 17.0 Å². The second-order valence-corrected chi connectivity index (χ2v) is 7.53. The van der Waals surface area contributed by atoms with Gasteiger partial charge in [-0.05, 0) is 26.1 Å². The molecule has 1 saturated heterocycles. The molecule has 0 saturated carbocycles. The van der Waals surface area contributed by atoms with Crippen molar-refractivity contribution in [3.05, 3.63) is 22.7 Å². The van der Waals surface area contributed by atoms with E-state index in [1.807, 2.05) is 13.0 Å². The van der Waals surface area contributed by atoms with Gasteiger partial charge < -0.3 is 20.6 Å². The van der Waals surface area contributed by atoms with Gasteiger partial charge in [-0.1, -0.05) is 23.4 Å². The predicted octanol–water partition coefficient (Wildman–Crippen LogP) is 2.11. The molecule has 3 N–H and O–H groups in total. The zero-order valence-electron chi connectivity index (χ0n) is 17.1. The highest BCUT2D eigenvalue weighted by molar-refractivity contribution is 6.32. The molecule has 2 aromatic rings. The summed E-state index contributed by atoms with van der Waals surface area (Å²) < 4.78 is 0. The van der Waals surface area contributed by atoms with E-state index in [0.717, 1.165) is 68.5 Å². The fraction of sp³-hybridized carbons (Fsp3) is 0.524. The van der Waals surface area contributed by atoms with Gasteiger partial charge in [0, 0.05) is 57.8 Å². The van der Waals surface area contributed by atoms with E-state index in [1.165, 1.54) is 0 Å². The zero-order chi connectivity index (χ0) is 20.6. The van der Waals surface area contributed by atoms with Crippen molar-refractivity contribution >= 4 is 34.3 Å². The molecule has 156 valence electrons. The van der Waals surface area contributed by atoms with Crippen LogP contribution in [0, 0.1) is 11.8 Å². The molecule has 0 bridgehead atoms. The predicted molar refractivity (Wildman–Crippen MR) is 120 cm³/mol. The molecule has 1 aromatic carbocycles. The highest BCUT2D eigenvalue weighted by Crippen LogP contribution is 2.26. The number of hydrogen-bond acceptors (Lipinski definition) is 7. The topological polar surface area (TPSA) is 76.5 Å². The third-order valence-electron chi connectivity index (χ3n) is 4.87.